The van der Waals surface area contributed by atoms with Crippen LogP contribution in [0, 0.1) is 6.92 Å². The number of benzene rings is 2. The summed E-state index contributed by atoms with van der Waals surface area (Å²) in [6.45, 7) is 9.70. The third kappa shape index (κ3) is 4.99. The predicted octanol–water partition coefficient (Wildman–Crippen LogP) is 6.39. The second-order valence-corrected chi connectivity index (χ2v) is 11.1. The van der Waals surface area contributed by atoms with Crippen LogP contribution in [0.25, 0.3) is 22.2 Å². The third-order valence-corrected chi connectivity index (χ3v) is 7.47. The van der Waals surface area contributed by atoms with Gasteiger partial charge in [-0.25, -0.2) is 9.97 Å². The van der Waals surface area contributed by atoms with Gasteiger partial charge in [-0.1, -0.05) is 29.8 Å². The van der Waals surface area contributed by atoms with Crippen LogP contribution in [0.15, 0.2) is 48.8 Å². The van der Waals surface area contributed by atoms with Crippen LogP contribution in [0.5, 0.6) is 0 Å². The maximum Gasteiger partial charge on any atom is 0.227 e. The lowest BCUT2D eigenvalue weighted by Crippen LogP contribution is -2.53. The topological polar surface area (TPSA) is 68.9 Å². The predicted molar refractivity (Wildman–Crippen MR) is 148 cm³/mol. The van der Waals surface area contributed by atoms with Crippen LogP contribution < -0.4 is 10.6 Å². The molecule has 0 unspecified atom stereocenters. The van der Waals surface area contributed by atoms with E-state index in [1.807, 2.05) is 6.20 Å². The summed E-state index contributed by atoms with van der Waals surface area (Å²) < 4.78 is 0. The third-order valence-electron chi connectivity index (χ3n) is 7.20. The first kappa shape index (κ1) is 23.5. The molecule has 0 radical (unpaired) electrons. The quantitative estimate of drug-likeness (QED) is 0.286. The Labute approximate surface area is 217 Å². The van der Waals surface area contributed by atoms with Gasteiger partial charge in [-0.05, 0) is 74.4 Å². The van der Waals surface area contributed by atoms with E-state index in [2.05, 4.69) is 82.7 Å². The number of aromatic nitrogens is 3. The Balaban J connectivity index is 1.29. The largest absolute Gasteiger partial charge is 0.360 e. The number of halogens is 1. The van der Waals surface area contributed by atoms with Gasteiger partial charge in [0.25, 0.3) is 0 Å². The SMILES string of the molecule is Cc1ccc2c(-c3nc(Nc4cc(CN5C[C@@H](C)N[C@H](C)C5)cc(C5CC5)c4)ncc3Cl)c[nH]c2c1. The summed E-state index contributed by atoms with van der Waals surface area (Å²) in [6.07, 6.45) is 6.20. The zero-order chi connectivity index (χ0) is 24.8. The molecule has 0 amide bonds. The van der Waals surface area contributed by atoms with Crippen LogP contribution in [0.1, 0.15) is 49.3 Å². The number of fused-ring (bicyclic) bond motifs is 1. The number of aromatic amines is 1. The highest BCUT2D eigenvalue weighted by Crippen LogP contribution is 2.42. The molecule has 0 bridgehead atoms. The molecule has 1 aliphatic heterocycles. The van der Waals surface area contributed by atoms with Crippen LogP contribution in [0.3, 0.4) is 0 Å². The minimum absolute atomic E-state index is 0.507. The molecule has 186 valence electrons. The monoisotopic (exact) mass is 500 g/mol. The normalized spacial score (nSPS) is 20.7. The highest BCUT2D eigenvalue weighted by molar-refractivity contribution is 6.33. The highest BCUT2D eigenvalue weighted by atomic mass is 35.5. The van der Waals surface area contributed by atoms with Gasteiger partial charge < -0.3 is 15.6 Å². The number of H-pyrrole nitrogens is 1. The second kappa shape index (κ2) is 9.51. The van der Waals surface area contributed by atoms with E-state index in [9.17, 15) is 0 Å². The zero-order valence-electron chi connectivity index (χ0n) is 21.1. The molecule has 4 aromatic rings. The molecule has 36 heavy (non-hydrogen) atoms. The Morgan fingerprint density at radius 1 is 1.08 bits per heavy atom. The Hall–Kier alpha value is -2.93. The minimum Gasteiger partial charge on any atom is -0.360 e. The highest BCUT2D eigenvalue weighted by Gasteiger charge is 2.26. The molecule has 0 spiro atoms. The first-order chi connectivity index (χ1) is 17.4. The lowest BCUT2D eigenvalue weighted by molar-refractivity contribution is 0.166. The van der Waals surface area contributed by atoms with Gasteiger partial charge in [0, 0.05) is 60.1 Å². The van der Waals surface area contributed by atoms with Crippen molar-refractivity contribution in [1.82, 2.24) is 25.2 Å². The van der Waals surface area contributed by atoms with Gasteiger partial charge in [-0.2, -0.15) is 0 Å². The Bertz CT molecular complexity index is 1400. The number of nitrogens with zero attached hydrogens (tertiary/aromatic N) is 3. The molecule has 2 atom stereocenters. The average molecular weight is 501 g/mol. The van der Waals surface area contributed by atoms with Gasteiger partial charge in [0.15, 0.2) is 0 Å². The van der Waals surface area contributed by atoms with Gasteiger partial charge in [0.2, 0.25) is 5.95 Å². The van der Waals surface area contributed by atoms with Crippen molar-refractivity contribution < 1.29 is 0 Å². The van der Waals surface area contributed by atoms with Crippen molar-refractivity contribution >= 4 is 34.1 Å². The molecule has 7 heteroatoms. The van der Waals surface area contributed by atoms with Gasteiger partial charge in [0.05, 0.1) is 16.9 Å². The Morgan fingerprint density at radius 3 is 2.67 bits per heavy atom. The van der Waals surface area contributed by atoms with Crippen LogP contribution in [-0.4, -0.2) is 45.0 Å². The first-order valence-corrected chi connectivity index (χ1v) is 13.3. The van der Waals surface area contributed by atoms with Gasteiger partial charge in [-0.3, -0.25) is 4.90 Å². The van der Waals surface area contributed by atoms with Crippen molar-refractivity contribution in [2.75, 3.05) is 18.4 Å². The van der Waals surface area contributed by atoms with Gasteiger partial charge in [-0.15, -0.1) is 0 Å². The standard InChI is InChI=1S/C29H33ClN6/c1-17-4-7-24-25(12-31-27(24)8-17)28-26(30)13-32-29(35-28)34-23-10-20(9-22(11-23)21-5-6-21)16-36-14-18(2)33-19(3)15-36/h4,7-13,18-19,21,31,33H,5-6,14-16H2,1-3H3,(H,32,34,35)/t18-,19-/m1/s1. The van der Waals surface area contributed by atoms with Crippen LogP contribution in [-0.2, 0) is 6.54 Å². The molecule has 2 aromatic carbocycles. The molecule has 3 heterocycles. The smallest absolute Gasteiger partial charge is 0.227 e. The molecule has 6 rings (SSSR count). The molecule has 6 nitrogen and oxygen atoms in total. The zero-order valence-corrected chi connectivity index (χ0v) is 21.9. The summed E-state index contributed by atoms with van der Waals surface area (Å²) >= 11 is 6.58. The lowest BCUT2D eigenvalue weighted by Gasteiger charge is -2.36. The molecule has 3 N–H and O–H groups in total. The first-order valence-electron chi connectivity index (χ1n) is 12.9. The molecule has 2 aliphatic rings. The summed E-state index contributed by atoms with van der Waals surface area (Å²) in [7, 11) is 0. The van der Waals surface area contributed by atoms with Crippen LogP contribution in [0.4, 0.5) is 11.6 Å². The molecular weight excluding hydrogens is 468 g/mol. The number of anilines is 2. The molecule has 1 aliphatic carbocycles. The lowest BCUT2D eigenvalue weighted by atomic mass is 10.0. The van der Waals surface area contributed by atoms with E-state index in [1.54, 1.807) is 6.20 Å². The van der Waals surface area contributed by atoms with Gasteiger partial charge in [0.1, 0.15) is 0 Å². The van der Waals surface area contributed by atoms with Crippen molar-refractivity contribution in [2.24, 2.45) is 0 Å². The molecule has 2 aromatic heterocycles. The summed E-state index contributed by atoms with van der Waals surface area (Å²) in [5.74, 6) is 1.22. The number of hydrogen-bond acceptors (Lipinski definition) is 5. The minimum atomic E-state index is 0.507. The van der Waals surface area contributed by atoms with E-state index in [0.717, 1.165) is 47.5 Å². The molecule has 2 fully saturated rings. The van der Waals surface area contributed by atoms with E-state index in [1.165, 1.54) is 29.5 Å². The van der Waals surface area contributed by atoms with E-state index in [-0.39, 0.29) is 0 Å². The fraction of sp³-hybridized carbons (Fsp3) is 0.379. The number of aryl methyl sites for hydroxylation is 1. The van der Waals surface area contributed by atoms with Crippen molar-refractivity contribution in [1.29, 1.82) is 0 Å². The summed E-state index contributed by atoms with van der Waals surface area (Å²) in [4.78, 5) is 15.3. The molecule has 1 saturated carbocycles. The van der Waals surface area contributed by atoms with E-state index in [0.29, 0.717) is 29.0 Å². The van der Waals surface area contributed by atoms with E-state index < -0.39 is 0 Å². The molecule has 1 saturated heterocycles. The maximum absolute atomic E-state index is 6.58. The summed E-state index contributed by atoms with van der Waals surface area (Å²) in [5.41, 5.74) is 7.78. The Morgan fingerprint density at radius 2 is 1.89 bits per heavy atom. The van der Waals surface area contributed by atoms with E-state index >= 15 is 0 Å². The second-order valence-electron chi connectivity index (χ2n) is 10.7. The van der Waals surface area contributed by atoms with Crippen molar-refractivity contribution in [2.45, 2.75) is 58.2 Å². The van der Waals surface area contributed by atoms with Crippen LogP contribution in [0.2, 0.25) is 5.02 Å². The maximum atomic E-state index is 6.58. The van der Waals surface area contributed by atoms with Crippen molar-refractivity contribution in [3.63, 3.8) is 0 Å². The fourth-order valence-electron chi connectivity index (χ4n) is 5.54. The number of piperazine rings is 1. The summed E-state index contributed by atoms with van der Waals surface area (Å²) in [5, 5.41) is 8.76. The summed E-state index contributed by atoms with van der Waals surface area (Å²) in [6, 6.07) is 14.3. The fourth-order valence-corrected chi connectivity index (χ4v) is 5.74. The number of nitrogens with one attached hydrogen (secondary N) is 3. The van der Waals surface area contributed by atoms with Crippen LogP contribution >= 0.6 is 11.6 Å². The van der Waals surface area contributed by atoms with Crippen molar-refractivity contribution in [3.05, 3.63) is 70.5 Å². The molecular formula is C29H33ClN6. The number of hydrogen-bond donors (Lipinski definition) is 3. The number of rotatable bonds is 6. The Kier molecular flexibility index (Phi) is 6.20. The van der Waals surface area contributed by atoms with Crippen molar-refractivity contribution in [3.8, 4) is 11.3 Å². The van der Waals surface area contributed by atoms with Gasteiger partial charge >= 0.3 is 0 Å². The average Bonchev–Trinajstić information content (AvgIpc) is 3.60. The van der Waals surface area contributed by atoms with E-state index in [4.69, 9.17) is 16.6 Å².